The molecule has 2 amide bonds. The number of carbonyl (C=O) groups is 2. The second-order valence-corrected chi connectivity index (χ2v) is 5.56. The summed E-state index contributed by atoms with van der Waals surface area (Å²) in [7, 11) is 0. The van der Waals surface area contributed by atoms with Crippen LogP contribution >= 0.6 is 0 Å². The van der Waals surface area contributed by atoms with Crippen LogP contribution in [-0.2, 0) is 0 Å². The highest BCUT2D eigenvalue weighted by molar-refractivity contribution is 6.05. The Hall–Kier alpha value is -3.87. The Labute approximate surface area is 149 Å². The van der Waals surface area contributed by atoms with E-state index in [2.05, 4.69) is 15.7 Å². The summed E-state index contributed by atoms with van der Waals surface area (Å²) in [5.41, 5.74) is 2.38. The van der Waals surface area contributed by atoms with Crippen LogP contribution in [0, 0.1) is 0 Å². The number of benzene rings is 3. The van der Waals surface area contributed by atoms with E-state index in [0.717, 1.165) is 16.3 Å². The third kappa shape index (κ3) is 3.96. The van der Waals surface area contributed by atoms with Crippen molar-refractivity contribution < 1.29 is 14.7 Å². The van der Waals surface area contributed by atoms with Crippen LogP contribution < -0.4 is 16.5 Å². The van der Waals surface area contributed by atoms with Crippen molar-refractivity contribution in [3.63, 3.8) is 0 Å². The number of nitrogens with zero attached hydrogens (tertiary/aromatic N) is 1. The van der Waals surface area contributed by atoms with E-state index in [1.54, 1.807) is 18.3 Å². The first-order valence-electron chi connectivity index (χ1n) is 7.73. The van der Waals surface area contributed by atoms with Crippen molar-refractivity contribution in [1.29, 1.82) is 0 Å². The van der Waals surface area contributed by atoms with E-state index in [0.29, 0.717) is 16.9 Å². The van der Waals surface area contributed by atoms with Gasteiger partial charge in [-0.1, -0.05) is 18.2 Å². The number of rotatable bonds is 4. The summed E-state index contributed by atoms with van der Waals surface area (Å²) >= 11 is 0. The number of amides is 2. The topological polar surface area (TPSA) is 117 Å². The number of carbonyl (C=O) groups excluding carboxylic acids is 1. The minimum Gasteiger partial charge on any atom is -0.465 e. The summed E-state index contributed by atoms with van der Waals surface area (Å²) in [6.07, 6.45) is 0.414. The predicted molar refractivity (Wildman–Crippen MR) is 102 cm³/mol. The first kappa shape index (κ1) is 17.0. The molecule has 7 heteroatoms. The number of anilines is 2. The van der Waals surface area contributed by atoms with Gasteiger partial charge in [0, 0.05) is 16.9 Å². The fourth-order valence-corrected chi connectivity index (χ4v) is 2.54. The van der Waals surface area contributed by atoms with Crippen LogP contribution in [0.15, 0.2) is 65.8 Å². The number of nitrogens with two attached hydrogens (primary N) is 1. The Morgan fingerprint density at radius 2 is 1.54 bits per heavy atom. The lowest BCUT2D eigenvalue weighted by Crippen LogP contribution is -2.12. The highest BCUT2D eigenvalue weighted by atomic mass is 16.4. The van der Waals surface area contributed by atoms with Gasteiger partial charge < -0.3 is 16.3 Å². The lowest BCUT2D eigenvalue weighted by atomic mass is 10.1. The monoisotopic (exact) mass is 348 g/mol. The molecule has 0 atom stereocenters. The third-order valence-electron chi connectivity index (χ3n) is 3.74. The third-order valence-corrected chi connectivity index (χ3v) is 3.74. The van der Waals surface area contributed by atoms with Gasteiger partial charge in [0.2, 0.25) is 0 Å². The summed E-state index contributed by atoms with van der Waals surface area (Å²) in [5, 5.41) is 19.2. The minimum atomic E-state index is -1.15. The van der Waals surface area contributed by atoms with E-state index in [1.165, 1.54) is 12.1 Å². The maximum atomic E-state index is 12.3. The molecule has 3 rings (SSSR count). The quantitative estimate of drug-likeness (QED) is 0.328. The molecule has 0 radical (unpaired) electrons. The van der Waals surface area contributed by atoms with E-state index in [1.807, 2.05) is 36.4 Å². The van der Waals surface area contributed by atoms with Crippen molar-refractivity contribution in [2.75, 3.05) is 10.6 Å². The van der Waals surface area contributed by atoms with Crippen LogP contribution in [-0.4, -0.2) is 23.3 Å². The lowest BCUT2D eigenvalue weighted by Gasteiger charge is -2.08. The molecule has 5 N–H and O–H groups in total. The highest BCUT2D eigenvalue weighted by Crippen LogP contribution is 2.21. The molecule has 0 aliphatic heterocycles. The van der Waals surface area contributed by atoms with Crippen molar-refractivity contribution in [3.05, 3.63) is 71.8 Å². The van der Waals surface area contributed by atoms with Gasteiger partial charge >= 0.3 is 6.09 Å². The first-order valence-corrected chi connectivity index (χ1v) is 7.73. The van der Waals surface area contributed by atoms with E-state index in [4.69, 9.17) is 10.9 Å². The molecule has 130 valence electrons. The summed E-state index contributed by atoms with van der Waals surface area (Å²) in [6.45, 7) is 0. The van der Waals surface area contributed by atoms with E-state index in [9.17, 15) is 9.59 Å². The molecule has 0 aliphatic carbocycles. The standard InChI is InChI=1S/C19H16N4O3/c20-21-11-12-1-2-15-10-17(8-5-14(15)9-12)22-18(24)13-3-6-16(7-4-13)23-19(25)26/h1-11,23H,20H2,(H,22,24)(H,25,26). The highest BCUT2D eigenvalue weighted by Gasteiger charge is 2.07. The number of fused-ring (bicyclic) bond motifs is 1. The van der Waals surface area contributed by atoms with Crippen molar-refractivity contribution in [1.82, 2.24) is 0 Å². The zero-order valence-electron chi connectivity index (χ0n) is 13.6. The van der Waals surface area contributed by atoms with Crippen molar-refractivity contribution in [2.45, 2.75) is 0 Å². The Morgan fingerprint density at radius 1 is 0.885 bits per heavy atom. The Morgan fingerprint density at radius 3 is 2.23 bits per heavy atom. The van der Waals surface area contributed by atoms with Crippen molar-refractivity contribution in [2.24, 2.45) is 10.9 Å². The molecule has 0 spiro atoms. The van der Waals surface area contributed by atoms with Gasteiger partial charge in [0.05, 0.1) is 6.21 Å². The van der Waals surface area contributed by atoms with Gasteiger partial charge in [-0.25, -0.2) is 4.79 Å². The minimum absolute atomic E-state index is 0.280. The first-order chi connectivity index (χ1) is 12.5. The van der Waals surface area contributed by atoms with Crippen LogP contribution in [0.5, 0.6) is 0 Å². The second-order valence-electron chi connectivity index (χ2n) is 5.56. The number of carboxylic acid groups (broad SMARTS) is 1. The smallest absolute Gasteiger partial charge is 0.409 e. The predicted octanol–water partition coefficient (Wildman–Crippen LogP) is 3.47. The summed E-state index contributed by atoms with van der Waals surface area (Å²) in [4.78, 5) is 22.9. The van der Waals surface area contributed by atoms with E-state index in [-0.39, 0.29) is 5.91 Å². The summed E-state index contributed by atoms with van der Waals surface area (Å²) in [5.74, 6) is 4.88. The molecule has 0 bridgehead atoms. The molecule has 0 saturated heterocycles. The Kier molecular flexibility index (Phi) is 4.80. The molecule has 0 saturated carbocycles. The molecule has 0 fully saturated rings. The van der Waals surface area contributed by atoms with Gasteiger partial charge in [0.25, 0.3) is 5.91 Å². The normalized spacial score (nSPS) is 10.8. The number of hydrogen-bond acceptors (Lipinski definition) is 4. The van der Waals surface area contributed by atoms with Crippen molar-refractivity contribution in [3.8, 4) is 0 Å². The van der Waals surface area contributed by atoms with E-state index >= 15 is 0 Å². The molecule has 0 aromatic heterocycles. The fourth-order valence-electron chi connectivity index (χ4n) is 2.54. The molecule has 26 heavy (non-hydrogen) atoms. The molecular formula is C19H16N4O3. The number of hydrogen-bond donors (Lipinski definition) is 4. The average Bonchev–Trinajstić information content (AvgIpc) is 2.62. The largest absolute Gasteiger partial charge is 0.465 e. The molecule has 7 nitrogen and oxygen atoms in total. The molecule has 0 aliphatic rings. The lowest BCUT2D eigenvalue weighted by molar-refractivity contribution is 0.102. The molecule has 0 heterocycles. The Balaban J connectivity index is 1.76. The SMILES string of the molecule is NN=Cc1ccc2cc(NC(=O)c3ccc(NC(=O)O)cc3)ccc2c1. The summed E-state index contributed by atoms with van der Waals surface area (Å²) < 4.78 is 0. The fraction of sp³-hybridized carbons (Fsp3) is 0. The maximum absolute atomic E-state index is 12.3. The van der Waals surface area contributed by atoms with Crippen LogP contribution in [0.3, 0.4) is 0 Å². The molecular weight excluding hydrogens is 332 g/mol. The van der Waals surface area contributed by atoms with E-state index < -0.39 is 6.09 Å². The zero-order chi connectivity index (χ0) is 18.5. The molecule has 3 aromatic rings. The van der Waals surface area contributed by atoms with Gasteiger partial charge in [-0.3, -0.25) is 10.1 Å². The number of nitrogens with one attached hydrogen (secondary N) is 2. The average molecular weight is 348 g/mol. The molecule has 3 aromatic carbocycles. The Bertz CT molecular complexity index is 997. The van der Waals surface area contributed by atoms with Crippen LogP contribution in [0.4, 0.5) is 16.2 Å². The molecule has 0 unspecified atom stereocenters. The van der Waals surface area contributed by atoms with Gasteiger partial charge in [-0.2, -0.15) is 5.10 Å². The van der Waals surface area contributed by atoms with Gasteiger partial charge in [0.15, 0.2) is 0 Å². The van der Waals surface area contributed by atoms with Crippen LogP contribution in [0.2, 0.25) is 0 Å². The van der Waals surface area contributed by atoms with Gasteiger partial charge in [-0.15, -0.1) is 0 Å². The van der Waals surface area contributed by atoms with Gasteiger partial charge in [-0.05, 0) is 58.8 Å². The van der Waals surface area contributed by atoms with Crippen molar-refractivity contribution >= 4 is 40.4 Å². The maximum Gasteiger partial charge on any atom is 0.409 e. The van der Waals surface area contributed by atoms with Crippen LogP contribution in [0.25, 0.3) is 10.8 Å². The summed E-state index contributed by atoms with van der Waals surface area (Å²) in [6, 6.07) is 17.5. The number of hydrazone groups is 1. The second kappa shape index (κ2) is 7.35. The van der Waals surface area contributed by atoms with Crippen LogP contribution in [0.1, 0.15) is 15.9 Å². The van der Waals surface area contributed by atoms with Gasteiger partial charge in [0.1, 0.15) is 0 Å². The zero-order valence-corrected chi connectivity index (χ0v) is 13.6.